The highest BCUT2D eigenvalue weighted by molar-refractivity contribution is 7.71. The predicted octanol–water partition coefficient (Wildman–Crippen LogP) is 3.94. The van der Waals surface area contributed by atoms with Crippen molar-refractivity contribution in [2.75, 3.05) is 0 Å². The molecule has 110 valence electrons. The Balaban J connectivity index is 1.99. The maximum Gasteiger partial charge on any atom is 0.216 e. The summed E-state index contributed by atoms with van der Waals surface area (Å²) in [7, 11) is 0. The van der Waals surface area contributed by atoms with E-state index in [1.54, 1.807) is 18.3 Å². The van der Waals surface area contributed by atoms with Crippen LogP contribution in [-0.4, -0.2) is 21.1 Å². The Labute approximate surface area is 131 Å². The minimum atomic E-state index is -0.298. The second kappa shape index (κ2) is 6.03. The summed E-state index contributed by atoms with van der Waals surface area (Å²) in [5, 5.41) is 11.2. The number of aromatic nitrogens is 3. The van der Waals surface area contributed by atoms with E-state index in [0.29, 0.717) is 10.6 Å². The van der Waals surface area contributed by atoms with Gasteiger partial charge in [-0.2, -0.15) is 14.9 Å². The molecule has 3 rings (SSSR count). The van der Waals surface area contributed by atoms with Gasteiger partial charge in [0, 0.05) is 5.56 Å². The Morgan fingerprint density at radius 1 is 1.23 bits per heavy atom. The summed E-state index contributed by atoms with van der Waals surface area (Å²) in [5.41, 5.74) is 2.85. The van der Waals surface area contributed by atoms with Gasteiger partial charge in [-0.25, -0.2) is 9.49 Å². The second-order valence-corrected chi connectivity index (χ2v) is 5.22. The van der Waals surface area contributed by atoms with Crippen molar-refractivity contribution >= 4 is 18.4 Å². The van der Waals surface area contributed by atoms with Crippen LogP contribution in [0.1, 0.15) is 11.1 Å². The average Bonchev–Trinajstić information content (AvgIpc) is 2.87. The van der Waals surface area contributed by atoms with Gasteiger partial charge >= 0.3 is 0 Å². The number of hydrogen-bond acceptors (Lipinski definition) is 3. The van der Waals surface area contributed by atoms with Crippen molar-refractivity contribution in [1.82, 2.24) is 14.9 Å². The molecule has 0 aliphatic carbocycles. The van der Waals surface area contributed by atoms with Crippen molar-refractivity contribution in [2.45, 2.75) is 6.92 Å². The second-order valence-electron chi connectivity index (χ2n) is 4.83. The fourth-order valence-corrected chi connectivity index (χ4v) is 2.24. The van der Waals surface area contributed by atoms with Gasteiger partial charge in [0.05, 0.1) is 6.21 Å². The average molecular weight is 312 g/mol. The Morgan fingerprint density at radius 3 is 2.73 bits per heavy atom. The molecular weight excluding hydrogens is 299 g/mol. The Bertz CT molecular complexity index is 878. The molecule has 0 aliphatic heterocycles. The summed E-state index contributed by atoms with van der Waals surface area (Å²) in [6.45, 7) is 2.02. The van der Waals surface area contributed by atoms with Crippen LogP contribution in [0, 0.1) is 17.5 Å². The Hall–Kier alpha value is -2.60. The largest absolute Gasteiger partial charge is 0.250 e. The van der Waals surface area contributed by atoms with Gasteiger partial charge in [0.2, 0.25) is 4.77 Å². The predicted molar refractivity (Wildman–Crippen MR) is 87.0 cm³/mol. The lowest BCUT2D eigenvalue weighted by Gasteiger charge is -2.01. The lowest BCUT2D eigenvalue weighted by atomic mass is 10.2. The van der Waals surface area contributed by atoms with E-state index in [1.165, 1.54) is 16.8 Å². The van der Waals surface area contributed by atoms with Crippen LogP contribution in [0.5, 0.6) is 0 Å². The number of nitrogens with one attached hydrogen (secondary N) is 1. The van der Waals surface area contributed by atoms with Crippen molar-refractivity contribution < 1.29 is 4.39 Å². The number of aryl methyl sites for hydroxylation is 1. The molecule has 4 nitrogen and oxygen atoms in total. The van der Waals surface area contributed by atoms with Crippen LogP contribution in [0.4, 0.5) is 4.39 Å². The first kappa shape index (κ1) is 14.3. The molecule has 0 atom stereocenters. The van der Waals surface area contributed by atoms with E-state index in [0.717, 1.165) is 16.7 Å². The molecule has 22 heavy (non-hydrogen) atoms. The van der Waals surface area contributed by atoms with Gasteiger partial charge in [0.15, 0.2) is 5.82 Å². The van der Waals surface area contributed by atoms with Crippen LogP contribution in [-0.2, 0) is 0 Å². The smallest absolute Gasteiger partial charge is 0.216 e. The van der Waals surface area contributed by atoms with Crippen LogP contribution in [0.3, 0.4) is 0 Å². The normalized spacial score (nSPS) is 11.2. The van der Waals surface area contributed by atoms with Crippen molar-refractivity contribution in [3.05, 3.63) is 70.2 Å². The monoisotopic (exact) mass is 312 g/mol. The minimum Gasteiger partial charge on any atom is -0.250 e. The van der Waals surface area contributed by atoms with Crippen molar-refractivity contribution in [3.63, 3.8) is 0 Å². The fourth-order valence-electron chi connectivity index (χ4n) is 2.06. The summed E-state index contributed by atoms with van der Waals surface area (Å²) in [6, 6.07) is 14.0. The summed E-state index contributed by atoms with van der Waals surface area (Å²) < 4.78 is 14.9. The first-order valence-electron chi connectivity index (χ1n) is 6.68. The van der Waals surface area contributed by atoms with Crippen molar-refractivity contribution in [3.8, 4) is 11.4 Å². The minimum absolute atomic E-state index is 0.298. The highest BCUT2D eigenvalue weighted by atomic mass is 32.1. The fraction of sp³-hybridized carbons (Fsp3) is 0.0625. The first-order chi connectivity index (χ1) is 10.6. The molecule has 0 unspecified atom stereocenters. The van der Waals surface area contributed by atoms with E-state index in [9.17, 15) is 4.39 Å². The van der Waals surface area contributed by atoms with Gasteiger partial charge in [-0.05, 0) is 49.0 Å². The van der Waals surface area contributed by atoms with Gasteiger partial charge in [-0.3, -0.25) is 0 Å². The molecule has 0 saturated carbocycles. The van der Waals surface area contributed by atoms with Crippen LogP contribution < -0.4 is 0 Å². The van der Waals surface area contributed by atoms with E-state index >= 15 is 0 Å². The molecule has 2 aromatic carbocycles. The van der Waals surface area contributed by atoms with Crippen molar-refractivity contribution in [2.24, 2.45) is 5.10 Å². The number of nitrogens with zero attached hydrogens (tertiary/aromatic N) is 3. The standard InChI is InChI=1S/C16H13FN4S/c1-11-3-2-4-12(9-11)10-18-21-15(19-20-16(21)22)13-5-7-14(17)8-6-13/h2-10H,1H3,(H,20,22)/b18-10-. The lowest BCUT2D eigenvalue weighted by molar-refractivity contribution is 0.628. The van der Waals surface area contributed by atoms with Gasteiger partial charge in [0.1, 0.15) is 5.82 Å². The first-order valence-corrected chi connectivity index (χ1v) is 7.09. The molecule has 1 aromatic heterocycles. The molecule has 0 saturated heterocycles. The molecule has 1 N–H and O–H groups in total. The maximum atomic E-state index is 13.0. The van der Waals surface area contributed by atoms with E-state index < -0.39 is 0 Å². The zero-order valence-electron chi connectivity index (χ0n) is 11.8. The Morgan fingerprint density at radius 2 is 2.00 bits per heavy atom. The molecular formula is C16H13FN4S. The maximum absolute atomic E-state index is 13.0. The van der Waals surface area contributed by atoms with Gasteiger partial charge in [0.25, 0.3) is 0 Å². The van der Waals surface area contributed by atoms with Crippen LogP contribution in [0.15, 0.2) is 53.6 Å². The van der Waals surface area contributed by atoms with Gasteiger partial charge in [-0.1, -0.05) is 29.8 Å². The Kier molecular flexibility index (Phi) is 3.93. The molecule has 6 heteroatoms. The molecule has 0 spiro atoms. The third-order valence-corrected chi connectivity index (χ3v) is 3.38. The summed E-state index contributed by atoms with van der Waals surface area (Å²) in [4.78, 5) is 0. The number of rotatable bonds is 3. The quantitative estimate of drug-likeness (QED) is 0.588. The summed E-state index contributed by atoms with van der Waals surface area (Å²) >= 11 is 5.20. The number of halogens is 1. The number of benzene rings is 2. The SMILES string of the molecule is Cc1cccc(/C=N\n2c(-c3ccc(F)cc3)n[nH]c2=S)c1. The van der Waals surface area contributed by atoms with Gasteiger partial charge in [-0.15, -0.1) is 0 Å². The lowest BCUT2D eigenvalue weighted by Crippen LogP contribution is -1.95. The van der Waals surface area contributed by atoms with E-state index in [2.05, 4.69) is 15.3 Å². The highest BCUT2D eigenvalue weighted by Crippen LogP contribution is 2.17. The molecule has 0 fully saturated rings. The van der Waals surface area contributed by atoms with E-state index in [1.807, 2.05) is 31.2 Å². The van der Waals surface area contributed by atoms with Gasteiger partial charge < -0.3 is 0 Å². The third-order valence-electron chi connectivity index (χ3n) is 3.12. The molecule has 0 radical (unpaired) electrons. The summed E-state index contributed by atoms with van der Waals surface area (Å²) in [6.07, 6.45) is 1.71. The molecule has 1 heterocycles. The zero-order chi connectivity index (χ0) is 15.5. The van der Waals surface area contributed by atoms with Crippen molar-refractivity contribution in [1.29, 1.82) is 0 Å². The van der Waals surface area contributed by atoms with E-state index in [4.69, 9.17) is 12.2 Å². The highest BCUT2D eigenvalue weighted by Gasteiger charge is 2.07. The van der Waals surface area contributed by atoms with Crippen LogP contribution >= 0.6 is 12.2 Å². The third kappa shape index (κ3) is 3.01. The zero-order valence-corrected chi connectivity index (χ0v) is 12.6. The van der Waals surface area contributed by atoms with Crippen LogP contribution in [0.25, 0.3) is 11.4 Å². The molecule has 0 aliphatic rings. The molecule has 3 aromatic rings. The summed E-state index contributed by atoms with van der Waals surface area (Å²) in [5.74, 6) is 0.238. The topological polar surface area (TPSA) is 46.0 Å². The van der Waals surface area contributed by atoms with E-state index in [-0.39, 0.29) is 5.82 Å². The number of H-pyrrole nitrogens is 1. The molecule has 0 bridgehead atoms. The molecule has 0 amide bonds. The van der Waals surface area contributed by atoms with Crippen LogP contribution in [0.2, 0.25) is 0 Å². The number of hydrogen-bond donors (Lipinski definition) is 1. The number of aromatic amines is 1.